The van der Waals surface area contributed by atoms with E-state index in [9.17, 15) is 9.59 Å². The molecule has 0 radical (unpaired) electrons. The summed E-state index contributed by atoms with van der Waals surface area (Å²) in [4.78, 5) is 23.1. The standard InChI is InChI=1S/C13H25NO4/c1-9(2)7-8-10(11(15)17-6)14-12(16)18-13(3,4)5/h9-10H,7-8H2,1-6H3,(H,14,16). The van der Waals surface area contributed by atoms with Gasteiger partial charge in [0.05, 0.1) is 7.11 Å². The van der Waals surface area contributed by atoms with Gasteiger partial charge >= 0.3 is 12.1 Å². The molecule has 0 fully saturated rings. The van der Waals surface area contributed by atoms with E-state index in [-0.39, 0.29) is 0 Å². The van der Waals surface area contributed by atoms with Crippen molar-refractivity contribution in [1.29, 1.82) is 0 Å². The number of amides is 1. The summed E-state index contributed by atoms with van der Waals surface area (Å²) in [7, 11) is 1.31. The van der Waals surface area contributed by atoms with Crippen molar-refractivity contribution in [2.45, 2.75) is 59.1 Å². The van der Waals surface area contributed by atoms with Crippen LogP contribution in [0, 0.1) is 5.92 Å². The summed E-state index contributed by atoms with van der Waals surface area (Å²) >= 11 is 0. The van der Waals surface area contributed by atoms with E-state index in [1.807, 2.05) is 0 Å². The van der Waals surface area contributed by atoms with Gasteiger partial charge in [-0.15, -0.1) is 0 Å². The number of alkyl carbamates (subject to hydrolysis) is 1. The van der Waals surface area contributed by atoms with Gasteiger partial charge in [-0.3, -0.25) is 0 Å². The molecular weight excluding hydrogens is 234 g/mol. The van der Waals surface area contributed by atoms with E-state index in [0.29, 0.717) is 12.3 Å². The number of esters is 1. The van der Waals surface area contributed by atoms with Gasteiger partial charge in [0.2, 0.25) is 0 Å². The van der Waals surface area contributed by atoms with Crippen LogP contribution in [0.4, 0.5) is 4.79 Å². The first kappa shape index (κ1) is 16.7. The van der Waals surface area contributed by atoms with E-state index in [1.54, 1.807) is 20.8 Å². The van der Waals surface area contributed by atoms with Crippen LogP contribution in [0.15, 0.2) is 0 Å². The van der Waals surface area contributed by atoms with Crippen molar-refractivity contribution >= 4 is 12.1 Å². The summed E-state index contributed by atoms with van der Waals surface area (Å²) in [5.74, 6) is 0.0131. The Morgan fingerprint density at radius 2 is 1.72 bits per heavy atom. The van der Waals surface area contributed by atoms with E-state index in [0.717, 1.165) is 6.42 Å². The predicted octanol–water partition coefficient (Wildman–Crippen LogP) is 2.49. The highest BCUT2D eigenvalue weighted by Crippen LogP contribution is 2.10. The maximum absolute atomic E-state index is 11.6. The number of ether oxygens (including phenoxy) is 2. The van der Waals surface area contributed by atoms with Crippen LogP contribution in [0.2, 0.25) is 0 Å². The molecule has 0 spiro atoms. The summed E-state index contributed by atoms with van der Waals surface area (Å²) in [5.41, 5.74) is -0.581. The van der Waals surface area contributed by atoms with Gasteiger partial charge in [-0.25, -0.2) is 9.59 Å². The highest BCUT2D eigenvalue weighted by atomic mass is 16.6. The third-order valence-corrected chi connectivity index (χ3v) is 2.21. The molecule has 0 saturated heterocycles. The molecule has 1 amide bonds. The SMILES string of the molecule is COC(=O)C(CCC(C)C)NC(=O)OC(C)(C)C. The van der Waals surface area contributed by atoms with E-state index < -0.39 is 23.7 Å². The van der Waals surface area contributed by atoms with Crippen LogP contribution in [0.5, 0.6) is 0 Å². The number of hydrogen-bond donors (Lipinski definition) is 1. The van der Waals surface area contributed by atoms with Crippen molar-refractivity contribution in [3.8, 4) is 0 Å². The molecule has 5 heteroatoms. The van der Waals surface area contributed by atoms with Crippen molar-refractivity contribution in [2.75, 3.05) is 7.11 Å². The van der Waals surface area contributed by atoms with Gasteiger partial charge in [0.25, 0.3) is 0 Å². The van der Waals surface area contributed by atoms with Crippen molar-refractivity contribution < 1.29 is 19.1 Å². The highest BCUT2D eigenvalue weighted by molar-refractivity contribution is 5.81. The minimum absolute atomic E-state index is 0.443. The normalized spacial score (nSPS) is 13.1. The zero-order chi connectivity index (χ0) is 14.3. The molecule has 0 aromatic carbocycles. The minimum Gasteiger partial charge on any atom is -0.467 e. The lowest BCUT2D eigenvalue weighted by molar-refractivity contribution is -0.143. The first-order valence-electron chi connectivity index (χ1n) is 6.23. The van der Waals surface area contributed by atoms with Crippen LogP contribution >= 0.6 is 0 Å². The maximum Gasteiger partial charge on any atom is 0.408 e. The average Bonchev–Trinajstić information content (AvgIpc) is 2.20. The topological polar surface area (TPSA) is 64.6 Å². The van der Waals surface area contributed by atoms with Gasteiger partial charge in [-0.05, 0) is 39.5 Å². The third-order valence-electron chi connectivity index (χ3n) is 2.21. The van der Waals surface area contributed by atoms with Crippen LogP contribution in [-0.2, 0) is 14.3 Å². The molecule has 1 N–H and O–H groups in total. The second kappa shape index (κ2) is 7.24. The van der Waals surface area contributed by atoms with Crippen LogP contribution < -0.4 is 5.32 Å². The summed E-state index contributed by atoms with van der Waals surface area (Å²) in [6.45, 7) is 9.43. The molecule has 5 nitrogen and oxygen atoms in total. The first-order chi connectivity index (χ1) is 8.15. The number of carbonyl (C=O) groups excluding carboxylic acids is 2. The summed E-state index contributed by atoms with van der Waals surface area (Å²) < 4.78 is 9.78. The van der Waals surface area contributed by atoms with Gasteiger partial charge in [-0.1, -0.05) is 13.8 Å². The Kier molecular flexibility index (Phi) is 6.73. The number of rotatable bonds is 5. The zero-order valence-corrected chi connectivity index (χ0v) is 12.2. The van der Waals surface area contributed by atoms with E-state index >= 15 is 0 Å². The zero-order valence-electron chi connectivity index (χ0n) is 12.2. The van der Waals surface area contributed by atoms with E-state index in [1.165, 1.54) is 7.11 Å². The molecule has 0 aliphatic heterocycles. The van der Waals surface area contributed by atoms with Gasteiger partial charge in [-0.2, -0.15) is 0 Å². The Morgan fingerprint density at radius 3 is 2.11 bits per heavy atom. The summed E-state index contributed by atoms with van der Waals surface area (Å²) in [6, 6.07) is -0.646. The van der Waals surface area contributed by atoms with Crippen LogP contribution in [0.25, 0.3) is 0 Å². The van der Waals surface area contributed by atoms with E-state index in [2.05, 4.69) is 23.9 Å². The largest absolute Gasteiger partial charge is 0.467 e. The lowest BCUT2D eigenvalue weighted by Crippen LogP contribution is -2.44. The van der Waals surface area contributed by atoms with Crippen molar-refractivity contribution in [1.82, 2.24) is 5.32 Å². The molecule has 1 unspecified atom stereocenters. The molecule has 18 heavy (non-hydrogen) atoms. The van der Waals surface area contributed by atoms with Crippen molar-refractivity contribution in [3.05, 3.63) is 0 Å². The Bertz CT molecular complexity index is 281. The van der Waals surface area contributed by atoms with Gasteiger partial charge in [0, 0.05) is 0 Å². The number of methoxy groups -OCH3 is 1. The van der Waals surface area contributed by atoms with Crippen molar-refractivity contribution in [2.24, 2.45) is 5.92 Å². The Balaban J connectivity index is 4.40. The molecular formula is C13H25NO4. The third kappa shape index (κ3) is 7.92. The monoisotopic (exact) mass is 259 g/mol. The molecule has 0 aromatic heterocycles. The minimum atomic E-state index is -0.646. The lowest BCUT2D eigenvalue weighted by Gasteiger charge is -2.22. The van der Waals surface area contributed by atoms with Crippen LogP contribution in [0.3, 0.4) is 0 Å². The molecule has 0 aliphatic rings. The number of hydrogen-bond acceptors (Lipinski definition) is 4. The second-order valence-electron chi connectivity index (χ2n) is 5.69. The average molecular weight is 259 g/mol. The molecule has 0 aliphatic carbocycles. The van der Waals surface area contributed by atoms with Crippen LogP contribution in [-0.4, -0.2) is 30.8 Å². The highest BCUT2D eigenvalue weighted by Gasteiger charge is 2.24. The fourth-order valence-electron chi connectivity index (χ4n) is 1.34. The molecule has 0 heterocycles. The Morgan fingerprint density at radius 1 is 1.17 bits per heavy atom. The fraction of sp³-hybridized carbons (Fsp3) is 0.846. The summed E-state index contributed by atoms with van der Waals surface area (Å²) in [6.07, 6.45) is 0.778. The molecule has 1 atom stereocenters. The van der Waals surface area contributed by atoms with Gasteiger partial charge in [0.1, 0.15) is 11.6 Å². The second-order valence-corrected chi connectivity index (χ2v) is 5.69. The van der Waals surface area contributed by atoms with Crippen molar-refractivity contribution in [3.63, 3.8) is 0 Å². The molecule has 0 saturated carbocycles. The molecule has 0 rings (SSSR count). The quantitative estimate of drug-likeness (QED) is 0.770. The first-order valence-corrected chi connectivity index (χ1v) is 6.23. The molecule has 0 bridgehead atoms. The number of carbonyl (C=O) groups is 2. The van der Waals surface area contributed by atoms with Gasteiger partial charge in [0.15, 0.2) is 0 Å². The fourth-order valence-corrected chi connectivity index (χ4v) is 1.34. The predicted molar refractivity (Wildman–Crippen MR) is 69.2 cm³/mol. The number of nitrogens with one attached hydrogen (secondary N) is 1. The smallest absolute Gasteiger partial charge is 0.408 e. The van der Waals surface area contributed by atoms with E-state index in [4.69, 9.17) is 4.74 Å². The maximum atomic E-state index is 11.6. The molecule has 0 aromatic rings. The van der Waals surface area contributed by atoms with Crippen LogP contribution in [0.1, 0.15) is 47.5 Å². The molecule has 106 valence electrons. The Labute approximate surface area is 109 Å². The van der Waals surface area contributed by atoms with Gasteiger partial charge < -0.3 is 14.8 Å². The summed E-state index contributed by atoms with van der Waals surface area (Å²) in [5, 5.41) is 2.54. The Hall–Kier alpha value is -1.26. The lowest BCUT2D eigenvalue weighted by atomic mass is 10.0.